The molecule has 132 valence electrons. The molecule has 1 fully saturated rings. The van der Waals surface area contributed by atoms with E-state index in [0.717, 1.165) is 37.5 Å². The molecule has 1 aliphatic heterocycles. The molecule has 0 spiro atoms. The van der Waals surface area contributed by atoms with Gasteiger partial charge < -0.3 is 10.6 Å². The first-order chi connectivity index (χ1) is 11.4. The summed E-state index contributed by atoms with van der Waals surface area (Å²) in [5, 5.41) is 6.41. The average Bonchev–Trinajstić information content (AvgIpc) is 2.55. The number of rotatable bonds is 6. The Morgan fingerprint density at radius 3 is 2.67 bits per heavy atom. The molecule has 0 bridgehead atoms. The van der Waals surface area contributed by atoms with Gasteiger partial charge in [0.15, 0.2) is 0 Å². The molecule has 1 unspecified atom stereocenters. The van der Waals surface area contributed by atoms with Gasteiger partial charge in [0.1, 0.15) is 0 Å². The zero-order chi connectivity index (χ0) is 17.5. The van der Waals surface area contributed by atoms with Gasteiger partial charge in [-0.05, 0) is 37.1 Å². The maximum absolute atomic E-state index is 12.0. The Hall–Kier alpha value is -1.59. The zero-order valence-electron chi connectivity index (χ0n) is 14.3. The van der Waals surface area contributed by atoms with E-state index in [1.807, 2.05) is 38.1 Å². The lowest BCUT2D eigenvalue weighted by Gasteiger charge is -2.33. The summed E-state index contributed by atoms with van der Waals surface area (Å²) in [7, 11) is 0. The first-order valence-electron chi connectivity index (χ1n) is 8.48. The molecule has 2 N–H and O–H groups in total. The molecule has 6 heteroatoms. The third kappa shape index (κ3) is 6.13. The minimum absolute atomic E-state index is 0.0463. The molecule has 0 saturated carbocycles. The van der Waals surface area contributed by atoms with Gasteiger partial charge in [-0.15, -0.1) is 0 Å². The molecule has 0 radical (unpaired) electrons. The van der Waals surface area contributed by atoms with Crippen LogP contribution in [0.15, 0.2) is 24.3 Å². The van der Waals surface area contributed by atoms with Crippen LogP contribution < -0.4 is 10.6 Å². The van der Waals surface area contributed by atoms with Crippen molar-refractivity contribution in [2.45, 2.75) is 39.3 Å². The summed E-state index contributed by atoms with van der Waals surface area (Å²) >= 11 is 5.92. The van der Waals surface area contributed by atoms with Gasteiger partial charge in [-0.2, -0.15) is 0 Å². The Morgan fingerprint density at radius 2 is 2.00 bits per heavy atom. The summed E-state index contributed by atoms with van der Waals surface area (Å²) in [5.41, 5.74) is 1.22. The molecule has 1 aromatic carbocycles. The van der Waals surface area contributed by atoms with Crippen LogP contribution in [0.2, 0.25) is 5.02 Å². The highest BCUT2D eigenvalue weighted by Gasteiger charge is 2.21. The number of piperidine rings is 1. The molecule has 24 heavy (non-hydrogen) atoms. The first kappa shape index (κ1) is 18.7. The van der Waals surface area contributed by atoms with Gasteiger partial charge in [-0.25, -0.2) is 0 Å². The smallest absolute Gasteiger partial charge is 0.239 e. The zero-order valence-corrected chi connectivity index (χ0v) is 15.1. The highest BCUT2D eigenvalue weighted by molar-refractivity contribution is 6.30. The van der Waals surface area contributed by atoms with E-state index in [1.165, 1.54) is 5.56 Å². The number of carbonyl (C=O) groups excluding carboxylic acids is 2. The van der Waals surface area contributed by atoms with Crippen molar-refractivity contribution < 1.29 is 9.59 Å². The van der Waals surface area contributed by atoms with Crippen molar-refractivity contribution in [2.75, 3.05) is 19.6 Å². The van der Waals surface area contributed by atoms with Gasteiger partial charge in [-0.1, -0.05) is 37.6 Å². The van der Waals surface area contributed by atoms with Crippen LogP contribution >= 0.6 is 11.6 Å². The van der Waals surface area contributed by atoms with Crippen molar-refractivity contribution in [2.24, 2.45) is 5.92 Å². The summed E-state index contributed by atoms with van der Waals surface area (Å²) < 4.78 is 0. The van der Waals surface area contributed by atoms with E-state index in [0.29, 0.717) is 0 Å². The number of amides is 2. The third-order valence-corrected chi connectivity index (χ3v) is 4.39. The minimum Gasteiger partial charge on any atom is -0.351 e. The van der Waals surface area contributed by atoms with E-state index in [2.05, 4.69) is 15.5 Å². The van der Waals surface area contributed by atoms with Crippen LogP contribution in [0.5, 0.6) is 0 Å². The van der Waals surface area contributed by atoms with Gasteiger partial charge >= 0.3 is 0 Å². The van der Waals surface area contributed by atoms with Crippen LogP contribution in [0.1, 0.15) is 32.3 Å². The highest BCUT2D eigenvalue weighted by atomic mass is 35.5. The Bertz CT molecular complexity index is 560. The second kappa shape index (κ2) is 9.04. The van der Waals surface area contributed by atoms with E-state index in [1.54, 1.807) is 0 Å². The molecule has 1 atom stereocenters. The van der Waals surface area contributed by atoms with E-state index >= 15 is 0 Å². The van der Waals surface area contributed by atoms with Crippen LogP contribution in [0.4, 0.5) is 0 Å². The van der Waals surface area contributed by atoms with Crippen molar-refractivity contribution in [3.63, 3.8) is 0 Å². The quantitative estimate of drug-likeness (QED) is 0.826. The molecule has 1 heterocycles. The number of carbonyl (C=O) groups is 2. The Kier molecular flexibility index (Phi) is 7.06. The number of hydrogen-bond donors (Lipinski definition) is 2. The minimum atomic E-state index is -0.123. The van der Waals surface area contributed by atoms with E-state index in [9.17, 15) is 9.59 Å². The van der Waals surface area contributed by atoms with Gasteiger partial charge in [0, 0.05) is 30.1 Å². The van der Waals surface area contributed by atoms with Gasteiger partial charge in [-0.3, -0.25) is 14.5 Å². The first-order valence-corrected chi connectivity index (χ1v) is 8.85. The molecule has 1 saturated heterocycles. The Balaban J connectivity index is 1.77. The van der Waals surface area contributed by atoms with E-state index in [4.69, 9.17) is 11.6 Å². The number of halogens is 1. The van der Waals surface area contributed by atoms with Crippen LogP contribution in [0.25, 0.3) is 0 Å². The Morgan fingerprint density at radius 1 is 1.29 bits per heavy atom. The van der Waals surface area contributed by atoms with Crippen molar-refractivity contribution >= 4 is 23.4 Å². The maximum atomic E-state index is 12.0. The standard InChI is InChI=1S/C18H26ClN3O2/c1-13(2)18(24)20-10-17(23)21-16-4-3-9-22(12-16)11-14-5-7-15(19)8-6-14/h5-8,13,16H,3-4,9-12H2,1-2H3,(H,20,24)(H,21,23). The number of hydrogen-bond acceptors (Lipinski definition) is 3. The van der Waals surface area contributed by atoms with E-state index < -0.39 is 0 Å². The number of nitrogens with zero attached hydrogens (tertiary/aromatic N) is 1. The molecule has 1 aliphatic rings. The fourth-order valence-electron chi connectivity index (χ4n) is 2.82. The van der Waals surface area contributed by atoms with Crippen LogP contribution in [-0.2, 0) is 16.1 Å². The summed E-state index contributed by atoms with van der Waals surface area (Å²) in [5.74, 6) is -0.331. The third-order valence-electron chi connectivity index (χ3n) is 4.14. The average molecular weight is 352 g/mol. The van der Waals surface area contributed by atoms with Crippen molar-refractivity contribution in [1.29, 1.82) is 0 Å². The predicted molar refractivity (Wildman–Crippen MR) is 95.7 cm³/mol. The monoisotopic (exact) mass is 351 g/mol. The fraction of sp³-hybridized carbons (Fsp3) is 0.556. The SMILES string of the molecule is CC(C)C(=O)NCC(=O)NC1CCCN(Cc2ccc(Cl)cc2)C1. The molecular weight excluding hydrogens is 326 g/mol. The predicted octanol–water partition coefficient (Wildman–Crippen LogP) is 2.19. The normalized spacial score (nSPS) is 18.4. The lowest BCUT2D eigenvalue weighted by molar-refractivity contribution is -0.128. The largest absolute Gasteiger partial charge is 0.351 e. The lowest BCUT2D eigenvalue weighted by atomic mass is 10.0. The molecule has 2 amide bonds. The summed E-state index contributed by atoms with van der Waals surface area (Å²) in [6.45, 7) is 6.37. The van der Waals surface area contributed by atoms with Crippen LogP contribution in [0.3, 0.4) is 0 Å². The summed E-state index contributed by atoms with van der Waals surface area (Å²) in [6, 6.07) is 8.00. The lowest BCUT2D eigenvalue weighted by Crippen LogP contribution is -2.50. The summed E-state index contributed by atoms with van der Waals surface area (Å²) in [4.78, 5) is 25.8. The van der Waals surface area contributed by atoms with Crippen molar-refractivity contribution in [3.8, 4) is 0 Å². The second-order valence-corrected chi connectivity index (χ2v) is 7.08. The molecule has 5 nitrogen and oxygen atoms in total. The number of benzene rings is 1. The number of nitrogens with one attached hydrogen (secondary N) is 2. The van der Waals surface area contributed by atoms with Crippen LogP contribution in [0, 0.1) is 5.92 Å². The van der Waals surface area contributed by atoms with Crippen molar-refractivity contribution in [3.05, 3.63) is 34.9 Å². The molecular formula is C18H26ClN3O2. The molecule has 1 aromatic rings. The van der Waals surface area contributed by atoms with Crippen LogP contribution in [-0.4, -0.2) is 42.4 Å². The molecule has 2 rings (SSSR count). The Labute approximate surface area is 148 Å². The molecule has 0 aliphatic carbocycles. The van der Waals surface area contributed by atoms with Gasteiger partial charge in [0.25, 0.3) is 0 Å². The fourth-order valence-corrected chi connectivity index (χ4v) is 2.94. The van der Waals surface area contributed by atoms with E-state index in [-0.39, 0.29) is 30.3 Å². The number of likely N-dealkylation sites (tertiary alicyclic amines) is 1. The molecule has 0 aromatic heterocycles. The topological polar surface area (TPSA) is 61.4 Å². The maximum Gasteiger partial charge on any atom is 0.239 e. The second-order valence-electron chi connectivity index (χ2n) is 6.64. The summed E-state index contributed by atoms with van der Waals surface area (Å²) in [6.07, 6.45) is 2.03. The van der Waals surface area contributed by atoms with Crippen molar-refractivity contribution in [1.82, 2.24) is 15.5 Å². The van der Waals surface area contributed by atoms with Gasteiger partial charge in [0.2, 0.25) is 11.8 Å². The highest BCUT2D eigenvalue weighted by Crippen LogP contribution is 2.15. The van der Waals surface area contributed by atoms with Gasteiger partial charge in [0.05, 0.1) is 6.54 Å².